The average molecular weight is 499 g/mol. The fourth-order valence-corrected chi connectivity index (χ4v) is 4.15. The minimum absolute atomic E-state index is 0.182. The number of carbonyl (C=O) groups is 5. The van der Waals surface area contributed by atoms with Crippen LogP contribution in [0.5, 0.6) is 0 Å². The Bertz CT molecular complexity index is 1140. The summed E-state index contributed by atoms with van der Waals surface area (Å²) < 4.78 is 0. The number of hydrogen-bond donors (Lipinski definition) is 3. The van der Waals surface area contributed by atoms with Gasteiger partial charge in [0.2, 0.25) is 17.7 Å². The Kier molecular flexibility index (Phi) is 8.34. The van der Waals surface area contributed by atoms with Gasteiger partial charge in [-0.05, 0) is 35.7 Å². The highest BCUT2D eigenvalue weighted by molar-refractivity contribution is 6.30. The third-order valence-electron chi connectivity index (χ3n) is 5.88. The molecule has 10 heteroatoms. The van der Waals surface area contributed by atoms with Gasteiger partial charge in [-0.15, -0.1) is 0 Å². The van der Waals surface area contributed by atoms with Crippen LogP contribution in [0.4, 0.5) is 0 Å². The lowest BCUT2D eigenvalue weighted by Gasteiger charge is -2.26. The summed E-state index contributed by atoms with van der Waals surface area (Å²) in [4.78, 5) is 67.0. The number of pyridine rings is 1. The summed E-state index contributed by atoms with van der Waals surface area (Å²) in [6.07, 6.45) is 1.29. The van der Waals surface area contributed by atoms with E-state index >= 15 is 0 Å². The van der Waals surface area contributed by atoms with E-state index in [2.05, 4.69) is 20.9 Å². The predicted molar refractivity (Wildman–Crippen MR) is 128 cm³/mol. The Hall–Kier alpha value is -3.59. The van der Waals surface area contributed by atoms with Crippen LogP contribution >= 0.6 is 11.6 Å². The van der Waals surface area contributed by atoms with E-state index in [0.717, 1.165) is 0 Å². The largest absolute Gasteiger partial charge is 0.346 e. The van der Waals surface area contributed by atoms with E-state index in [1.54, 1.807) is 56.3 Å². The fraction of sp³-hybridized carbons (Fsp3) is 0.360. The van der Waals surface area contributed by atoms with Gasteiger partial charge < -0.3 is 10.6 Å². The fourth-order valence-electron chi connectivity index (χ4n) is 3.95. The Labute approximate surface area is 208 Å². The summed E-state index contributed by atoms with van der Waals surface area (Å²) in [6.45, 7) is 4.98. The lowest BCUT2D eigenvalue weighted by atomic mass is 9.85. The highest BCUT2D eigenvalue weighted by Crippen LogP contribution is 2.24. The van der Waals surface area contributed by atoms with Gasteiger partial charge in [0.1, 0.15) is 11.6 Å². The lowest BCUT2D eigenvalue weighted by molar-refractivity contribution is -0.137. The second-order valence-corrected chi connectivity index (χ2v) is 9.25. The number of hydrogen-bond acceptors (Lipinski definition) is 6. The molecule has 1 aromatic heterocycles. The van der Waals surface area contributed by atoms with Gasteiger partial charge in [0.15, 0.2) is 5.78 Å². The van der Waals surface area contributed by atoms with Gasteiger partial charge in [-0.3, -0.25) is 34.3 Å². The van der Waals surface area contributed by atoms with Gasteiger partial charge in [-0.2, -0.15) is 0 Å². The van der Waals surface area contributed by atoms with Gasteiger partial charge in [0, 0.05) is 11.2 Å². The zero-order chi connectivity index (χ0) is 25.7. The Balaban J connectivity index is 1.79. The Morgan fingerprint density at radius 1 is 1.06 bits per heavy atom. The maximum absolute atomic E-state index is 13.1. The monoisotopic (exact) mass is 498 g/mol. The first-order valence-electron chi connectivity index (χ1n) is 11.2. The molecule has 1 aliphatic heterocycles. The minimum Gasteiger partial charge on any atom is -0.346 e. The van der Waals surface area contributed by atoms with E-state index in [4.69, 9.17) is 11.6 Å². The van der Waals surface area contributed by atoms with Crippen LogP contribution < -0.4 is 16.0 Å². The number of nitrogens with one attached hydrogen (secondary N) is 3. The summed E-state index contributed by atoms with van der Waals surface area (Å²) in [5.74, 6) is -5.01. The molecule has 3 N–H and O–H groups in total. The highest BCUT2D eigenvalue weighted by Gasteiger charge is 2.46. The second kappa shape index (κ2) is 11.2. The van der Waals surface area contributed by atoms with Crippen molar-refractivity contribution in [1.29, 1.82) is 0 Å². The van der Waals surface area contributed by atoms with Crippen LogP contribution in [-0.2, 0) is 19.2 Å². The molecular formula is C25H27ClN4O5. The van der Waals surface area contributed by atoms with Crippen LogP contribution in [0.3, 0.4) is 0 Å². The van der Waals surface area contributed by atoms with E-state index in [0.29, 0.717) is 10.6 Å². The Morgan fingerprint density at radius 3 is 2.37 bits per heavy atom. The van der Waals surface area contributed by atoms with Crippen molar-refractivity contribution in [2.45, 2.75) is 39.3 Å². The first-order chi connectivity index (χ1) is 16.6. The van der Waals surface area contributed by atoms with Crippen molar-refractivity contribution in [2.75, 3.05) is 0 Å². The molecule has 1 fully saturated rings. The molecule has 2 aromatic rings. The summed E-state index contributed by atoms with van der Waals surface area (Å²) in [6, 6.07) is 9.89. The molecule has 0 spiro atoms. The summed E-state index contributed by atoms with van der Waals surface area (Å²) in [7, 11) is 0. The van der Waals surface area contributed by atoms with Gasteiger partial charge in [-0.25, -0.2) is 0 Å². The van der Waals surface area contributed by atoms with Crippen molar-refractivity contribution < 1.29 is 24.0 Å². The topological polar surface area (TPSA) is 134 Å². The van der Waals surface area contributed by atoms with E-state index in [1.807, 2.05) is 0 Å². The number of rotatable bonds is 9. The van der Waals surface area contributed by atoms with E-state index in [-0.39, 0.29) is 18.0 Å². The van der Waals surface area contributed by atoms with Crippen molar-refractivity contribution in [1.82, 2.24) is 20.9 Å². The summed E-state index contributed by atoms with van der Waals surface area (Å²) in [5, 5.41) is 8.09. The van der Waals surface area contributed by atoms with Gasteiger partial charge in [-0.1, -0.05) is 50.6 Å². The molecule has 1 unspecified atom stereocenters. The van der Waals surface area contributed by atoms with Crippen LogP contribution in [-0.4, -0.2) is 40.4 Å². The number of halogens is 1. The van der Waals surface area contributed by atoms with Gasteiger partial charge >= 0.3 is 0 Å². The first kappa shape index (κ1) is 26.0. The molecule has 0 saturated carbocycles. The average Bonchev–Trinajstić information content (AvgIpc) is 3.07. The molecule has 4 amide bonds. The number of ketones is 1. The van der Waals surface area contributed by atoms with Crippen LogP contribution in [0.15, 0.2) is 48.7 Å². The highest BCUT2D eigenvalue weighted by atomic mass is 35.5. The van der Waals surface area contributed by atoms with E-state index in [9.17, 15) is 24.0 Å². The zero-order valence-electron chi connectivity index (χ0n) is 19.6. The maximum Gasteiger partial charge on any atom is 0.270 e. The minimum atomic E-state index is -1.16. The number of Topliss-reactive ketones (excluding diaryl/α,β-unsaturated/α-hetero) is 1. The molecule has 1 aromatic carbocycles. The molecule has 1 aliphatic rings. The van der Waals surface area contributed by atoms with Crippen molar-refractivity contribution in [3.8, 4) is 0 Å². The molecule has 0 radical (unpaired) electrons. The quantitative estimate of drug-likeness (QED) is 0.358. The van der Waals surface area contributed by atoms with Crippen LogP contribution in [0.1, 0.15) is 49.3 Å². The predicted octanol–water partition coefficient (Wildman–Crippen LogP) is 2.21. The third-order valence-corrected chi connectivity index (χ3v) is 6.12. The molecule has 3 rings (SSSR count). The molecule has 4 atom stereocenters. The van der Waals surface area contributed by atoms with Gasteiger partial charge in [0.05, 0.1) is 24.4 Å². The smallest absolute Gasteiger partial charge is 0.270 e. The summed E-state index contributed by atoms with van der Waals surface area (Å²) >= 11 is 6.12. The van der Waals surface area contributed by atoms with Gasteiger partial charge in [0.25, 0.3) is 5.91 Å². The Morgan fingerprint density at radius 2 is 1.80 bits per heavy atom. The van der Waals surface area contributed by atoms with Crippen LogP contribution in [0, 0.1) is 17.8 Å². The number of carbonyl (C=O) groups excluding carboxylic acids is 5. The standard InChI is InChI=1S/C25H27ClN4O5/c1-13(2)21(22(32)20-14(3)23(33)30-25(20)35)29-19(31)12-18(15-7-6-8-16(26)11-15)28-24(34)17-9-4-5-10-27-17/h4-11,13-14,18,20-21H,12H2,1-3H3,(H,28,34)(H,29,31)(H,30,33,35)/t14-,18?,20+,21-/m0/s1. The molecule has 1 saturated heterocycles. The number of nitrogens with zero attached hydrogens (tertiary/aromatic N) is 1. The normalized spacial score (nSPS) is 19.1. The van der Waals surface area contributed by atoms with Crippen molar-refractivity contribution in [3.63, 3.8) is 0 Å². The van der Waals surface area contributed by atoms with Crippen molar-refractivity contribution in [2.24, 2.45) is 17.8 Å². The molecule has 0 aliphatic carbocycles. The third kappa shape index (κ3) is 6.30. The molecule has 9 nitrogen and oxygen atoms in total. The van der Waals surface area contributed by atoms with E-state index < -0.39 is 53.3 Å². The number of aromatic nitrogens is 1. The van der Waals surface area contributed by atoms with Crippen LogP contribution in [0.2, 0.25) is 5.02 Å². The molecular weight excluding hydrogens is 472 g/mol. The number of amides is 4. The molecule has 2 heterocycles. The molecule has 35 heavy (non-hydrogen) atoms. The SMILES string of the molecule is CC(C)[C@H](NC(=O)CC(NC(=O)c1ccccn1)c1cccc(Cl)c1)C(=O)[C@@H]1C(=O)NC(=O)[C@H]1C. The lowest BCUT2D eigenvalue weighted by Crippen LogP contribution is -2.49. The summed E-state index contributed by atoms with van der Waals surface area (Å²) in [5.41, 5.74) is 0.778. The maximum atomic E-state index is 13.1. The van der Waals surface area contributed by atoms with Crippen LogP contribution in [0.25, 0.3) is 0 Å². The van der Waals surface area contributed by atoms with Crippen molar-refractivity contribution in [3.05, 3.63) is 64.9 Å². The number of imide groups is 1. The van der Waals surface area contributed by atoms with E-state index in [1.165, 1.54) is 13.1 Å². The second-order valence-electron chi connectivity index (χ2n) is 8.81. The zero-order valence-corrected chi connectivity index (χ0v) is 20.3. The van der Waals surface area contributed by atoms with Crippen molar-refractivity contribution >= 4 is 41.0 Å². The first-order valence-corrected chi connectivity index (χ1v) is 11.6. The molecule has 184 valence electrons. The molecule has 0 bridgehead atoms. The number of benzene rings is 1.